The van der Waals surface area contributed by atoms with Gasteiger partial charge in [0.2, 0.25) is 0 Å². The van der Waals surface area contributed by atoms with E-state index in [1.165, 1.54) is 6.21 Å². The number of ether oxygens (including phenoxy) is 2. The fourth-order valence-corrected chi connectivity index (χ4v) is 5.30. The van der Waals surface area contributed by atoms with E-state index in [-0.39, 0.29) is 35.5 Å². The summed E-state index contributed by atoms with van der Waals surface area (Å²) < 4.78 is 12.3. The molecule has 2 bridgehead atoms. The molecule has 6 nitrogen and oxygen atoms in total. The second-order valence-electron chi connectivity index (χ2n) is 8.03. The fraction of sp³-hybridized carbons (Fsp3) is 0.292. The topological polar surface area (TPSA) is 68.2 Å². The van der Waals surface area contributed by atoms with E-state index in [9.17, 15) is 9.59 Å². The summed E-state index contributed by atoms with van der Waals surface area (Å²) in [5, 5.41) is 5.33. The Morgan fingerprint density at radius 1 is 1.10 bits per heavy atom. The summed E-state index contributed by atoms with van der Waals surface area (Å²) in [6.07, 6.45) is 6.53. The van der Waals surface area contributed by atoms with Crippen molar-refractivity contribution in [2.24, 2.45) is 28.8 Å². The summed E-state index contributed by atoms with van der Waals surface area (Å²) in [7, 11) is 1.57. The largest absolute Gasteiger partial charge is 0.493 e. The molecule has 2 aliphatic carbocycles. The van der Waals surface area contributed by atoms with Crippen LogP contribution in [-0.2, 0) is 16.2 Å². The van der Waals surface area contributed by atoms with Gasteiger partial charge in [-0.1, -0.05) is 58.4 Å². The molecule has 1 saturated heterocycles. The predicted octanol–water partition coefficient (Wildman–Crippen LogP) is 4.18. The molecule has 3 aliphatic rings. The first-order valence-electron chi connectivity index (χ1n) is 10.2. The molecular formula is C24H21BrN2O4. The van der Waals surface area contributed by atoms with Gasteiger partial charge in [0.1, 0.15) is 6.61 Å². The number of amides is 2. The summed E-state index contributed by atoms with van der Waals surface area (Å²) >= 11 is 3.47. The lowest BCUT2D eigenvalue weighted by Gasteiger charge is -2.15. The lowest BCUT2D eigenvalue weighted by Crippen LogP contribution is -2.28. The number of hydrogen-bond acceptors (Lipinski definition) is 5. The maximum Gasteiger partial charge on any atom is 0.254 e. The number of nitrogens with zero attached hydrogens (tertiary/aromatic N) is 2. The molecule has 1 aliphatic heterocycles. The molecule has 0 spiro atoms. The van der Waals surface area contributed by atoms with E-state index >= 15 is 0 Å². The van der Waals surface area contributed by atoms with Crippen LogP contribution in [0.2, 0.25) is 0 Å². The van der Waals surface area contributed by atoms with Crippen LogP contribution in [0.25, 0.3) is 0 Å². The number of rotatable bonds is 6. The number of allylic oxidation sites excluding steroid dienone is 2. The van der Waals surface area contributed by atoms with E-state index in [2.05, 4.69) is 33.2 Å². The van der Waals surface area contributed by atoms with E-state index in [1.54, 1.807) is 13.2 Å². The van der Waals surface area contributed by atoms with Crippen molar-refractivity contribution >= 4 is 34.0 Å². The van der Waals surface area contributed by atoms with Gasteiger partial charge in [-0.2, -0.15) is 10.1 Å². The van der Waals surface area contributed by atoms with E-state index in [0.717, 1.165) is 21.5 Å². The molecule has 2 amide bonds. The van der Waals surface area contributed by atoms with Crippen LogP contribution in [0.4, 0.5) is 0 Å². The fourth-order valence-electron chi connectivity index (χ4n) is 4.84. The van der Waals surface area contributed by atoms with E-state index in [0.29, 0.717) is 23.7 Å². The van der Waals surface area contributed by atoms with Gasteiger partial charge in [-0.05, 0) is 36.0 Å². The van der Waals surface area contributed by atoms with E-state index < -0.39 is 0 Å². The zero-order valence-corrected chi connectivity index (χ0v) is 18.5. The van der Waals surface area contributed by atoms with Gasteiger partial charge in [0.15, 0.2) is 11.5 Å². The minimum atomic E-state index is -0.273. The monoisotopic (exact) mass is 480 g/mol. The highest BCUT2D eigenvalue weighted by atomic mass is 79.9. The van der Waals surface area contributed by atoms with Gasteiger partial charge in [0.05, 0.1) is 25.2 Å². The average Bonchev–Trinajstić information content (AvgIpc) is 3.46. The number of imide groups is 1. The number of fused-ring (bicyclic) bond motifs is 5. The van der Waals surface area contributed by atoms with Crippen molar-refractivity contribution in [3.63, 3.8) is 0 Å². The highest BCUT2D eigenvalue weighted by Crippen LogP contribution is 2.52. The van der Waals surface area contributed by atoms with Crippen molar-refractivity contribution < 1.29 is 19.1 Å². The molecule has 7 heteroatoms. The van der Waals surface area contributed by atoms with Crippen LogP contribution in [0.1, 0.15) is 17.5 Å². The molecule has 1 saturated carbocycles. The standard InChI is InChI=1S/C24H21BrN2O4/c1-30-19-11-18(25)10-17(22(19)31-13-14-5-3-2-4-6-14)12-26-27-23(28)20-15-7-8-16(9-15)21(20)24(27)29/h2-8,10-12,15-16,20-21H,9,13H2,1H3/t15-,16-,20-,21+/m0/s1. The van der Waals surface area contributed by atoms with Crippen molar-refractivity contribution in [2.45, 2.75) is 13.0 Å². The van der Waals surface area contributed by atoms with Crippen LogP contribution >= 0.6 is 15.9 Å². The SMILES string of the molecule is COc1cc(Br)cc(C=NN2C(=O)[C@@H]3[C@H](C2=O)[C@H]2C=C[C@H]3C2)c1OCc1ccccc1. The molecule has 2 aromatic carbocycles. The Bertz CT molecular complexity index is 1070. The molecule has 1 heterocycles. The summed E-state index contributed by atoms with van der Waals surface area (Å²) in [5.41, 5.74) is 1.62. The third kappa shape index (κ3) is 3.47. The molecule has 2 aromatic rings. The van der Waals surface area contributed by atoms with Gasteiger partial charge < -0.3 is 9.47 Å². The highest BCUT2D eigenvalue weighted by Gasteiger charge is 2.59. The Morgan fingerprint density at radius 2 is 1.77 bits per heavy atom. The molecule has 0 radical (unpaired) electrons. The minimum absolute atomic E-state index is 0.155. The van der Waals surface area contributed by atoms with Gasteiger partial charge in [-0.3, -0.25) is 9.59 Å². The molecule has 0 unspecified atom stereocenters. The van der Waals surface area contributed by atoms with Gasteiger partial charge in [-0.25, -0.2) is 0 Å². The highest BCUT2D eigenvalue weighted by molar-refractivity contribution is 9.10. The quantitative estimate of drug-likeness (QED) is 0.353. The van der Waals surface area contributed by atoms with Crippen molar-refractivity contribution in [3.05, 3.63) is 70.2 Å². The van der Waals surface area contributed by atoms with Crippen molar-refractivity contribution in [2.75, 3.05) is 7.11 Å². The molecule has 31 heavy (non-hydrogen) atoms. The van der Waals surface area contributed by atoms with Crippen molar-refractivity contribution in [1.82, 2.24) is 5.01 Å². The number of hydrogen-bond donors (Lipinski definition) is 0. The van der Waals surface area contributed by atoms with Gasteiger partial charge >= 0.3 is 0 Å². The smallest absolute Gasteiger partial charge is 0.254 e. The number of halogens is 1. The van der Waals surface area contributed by atoms with Crippen LogP contribution in [0.5, 0.6) is 11.5 Å². The van der Waals surface area contributed by atoms with Gasteiger partial charge in [0.25, 0.3) is 11.8 Å². The Hall–Kier alpha value is -2.93. The maximum absolute atomic E-state index is 12.9. The second kappa shape index (κ2) is 7.96. The second-order valence-corrected chi connectivity index (χ2v) is 8.95. The lowest BCUT2D eigenvalue weighted by atomic mass is 9.85. The number of methoxy groups -OCH3 is 1. The van der Waals surface area contributed by atoms with Gasteiger partial charge in [-0.15, -0.1) is 0 Å². The first-order chi connectivity index (χ1) is 15.1. The van der Waals surface area contributed by atoms with Crippen LogP contribution in [0, 0.1) is 23.7 Å². The average molecular weight is 481 g/mol. The number of hydrazone groups is 1. The summed E-state index contributed by atoms with van der Waals surface area (Å²) in [5.74, 6) is 0.374. The molecule has 5 rings (SSSR count). The van der Waals surface area contributed by atoms with Crippen LogP contribution < -0.4 is 9.47 Å². The van der Waals surface area contributed by atoms with Crippen molar-refractivity contribution in [1.29, 1.82) is 0 Å². The first-order valence-corrected chi connectivity index (χ1v) is 11.0. The van der Waals surface area contributed by atoms with Crippen LogP contribution in [0.3, 0.4) is 0 Å². The van der Waals surface area contributed by atoms with Gasteiger partial charge in [0, 0.05) is 10.0 Å². The summed E-state index contributed by atoms with van der Waals surface area (Å²) in [6, 6.07) is 13.4. The zero-order chi connectivity index (χ0) is 21.5. The summed E-state index contributed by atoms with van der Waals surface area (Å²) in [6.45, 7) is 0.348. The first kappa shape index (κ1) is 20.0. The van der Waals surface area contributed by atoms with Crippen LogP contribution in [0.15, 0.2) is 64.2 Å². The molecule has 0 aromatic heterocycles. The zero-order valence-electron chi connectivity index (χ0n) is 16.9. The molecule has 2 fully saturated rings. The van der Waals surface area contributed by atoms with Crippen molar-refractivity contribution in [3.8, 4) is 11.5 Å². The number of benzene rings is 2. The maximum atomic E-state index is 12.9. The normalized spacial score (nSPS) is 26.2. The summed E-state index contributed by atoms with van der Waals surface area (Å²) in [4.78, 5) is 25.8. The Labute approximate surface area is 188 Å². The molecule has 4 atom stereocenters. The third-order valence-electron chi connectivity index (χ3n) is 6.25. The molecular weight excluding hydrogens is 460 g/mol. The van der Waals surface area contributed by atoms with E-state index in [4.69, 9.17) is 9.47 Å². The van der Waals surface area contributed by atoms with Crippen LogP contribution in [-0.4, -0.2) is 30.1 Å². The number of carbonyl (C=O) groups is 2. The Balaban J connectivity index is 1.42. The minimum Gasteiger partial charge on any atom is -0.493 e. The third-order valence-corrected chi connectivity index (χ3v) is 6.71. The number of carbonyl (C=O) groups excluding carboxylic acids is 2. The molecule has 158 valence electrons. The lowest BCUT2D eigenvalue weighted by molar-refractivity contribution is -0.140. The Kier molecular flexibility index (Phi) is 5.14. The Morgan fingerprint density at radius 3 is 2.42 bits per heavy atom. The molecule has 0 N–H and O–H groups in total. The van der Waals surface area contributed by atoms with E-state index in [1.807, 2.05) is 36.4 Å². The predicted molar refractivity (Wildman–Crippen MR) is 119 cm³/mol.